The summed E-state index contributed by atoms with van der Waals surface area (Å²) < 4.78 is 11.6. The Hall–Kier alpha value is -2.91. The minimum absolute atomic E-state index is 0.255. The molecule has 1 aromatic heterocycles. The van der Waals surface area contributed by atoms with Crippen LogP contribution in [0.4, 0.5) is 10.6 Å². The molecule has 2 aliphatic rings. The summed E-state index contributed by atoms with van der Waals surface area (Å²) in [5.74, 6) is 0.944. The van der Waals surface area contributed by atoms with Crippen molar-refractivity contribution in [1.29, 1.82) is 0 Å². The minimum atomic E-state index is -0.499. The molecule has 4 rings (SSSR count). The van der Waals surface area contributed by atoms with Gasteiger partial charge in [0, 0.05) is 57.4 Å². The Kier molecular flexibility index (Phi) is 8.54. The molecule has 1 unspecified atom stereocenters. The van der Waals surface area contributed by atoms with Gasteiger partial charge in [0.25, 0.3) is 0 Å². The second kappa shape index (κ2) is 11.6. The Bertz CT molecular complexity index is 1050. The Balaban J connectivity index is 1.53. The number of benzene rings is 1. The molecule has 37 heavy (non-hydrogen) atoms. The van der Waals surface area contributed by atoms with Crippen LogP contribution in [-0.2, 0) is 24.2 Å². The molecule has 9 heteroatoms. The molecule has 0 N–H and O–H groups in total. The lowest BCUT2D eigenvalue weighted by molar-refractivity contribution is 0.0240. The van der Waals surface area contributed by atoms with Crippen LogP contribution in [0.1, 0.15) is 44.5 Å². The number of rotatable bonds is 7. The van der Waals surface area contributed by atoms with Crippen LogP contribution in [0, 0.1) is 0 Å². The van der Waals surface area contributed by atoms with Gasteiger partial charge in [-0.25, -0.2) is 4.79 Å². The maximum atomic E-state index is 12.6. The van der Waals surface area contributed by atoms with Crippen LogP contribution in [0.3, 0.4) is 0 Å². The van der Waals surface area contributed by atoms with E-state index in [1.54, 1.807) is 4.90 Å². The quantitative estimate of drug-likeness (QED) is 0.561. The Morgan fingerprint density at radius 3 is 2.43 bits per heavy atom. The van der Waals surface area contributed by atoms with E-state index in [1.165, 1.54) is 11.1 Å². The fourth-order valence-electron chi connectivity index (χ4n) is 4.71. The van der Waals surface area contributed by atoms with Gasteiger partial charge in [-0.05, 0) is 53.8 Å². The third-order valence-corrected chi connectivity index (χ3v) is 6.76. The molecule has 0 aliphatic carbocycles. The first-order valence-corrected chi connectivity index (χ1v) is 13.3. The van der Waals surface area contributed by atoms with Gasteiger partial charge < -0.3 is 24.2 Å². The molecule has 1 atom stereocenters. The maximum absolute atomic E-state index is 12.6. The van der Waals surface area contributed by atoms with Gasteiger partial charge in [-0.1, -0.05) is 30.3 Å². The average molecular weight is 511 g/mol. The molecular weight excluding hydrogens is 468 g/mol. The summed E-state index contributed by atoms with van der Waals surface area (Å²) >= 11 is 0. The highest BCUT2D eigenvalue weighted by molar-refractivity contribution is 5.68. The van der Waals surface area contributed by atoms with E-state index in [0.717, 1.165) is 37.6 Å². The molecular formula is C28H42N6O3. The van der Waals surface area contributed by atoms with Crippen LogP contribution < -0.4 is 9.64 Å². The summed E-state index contributed by atoms with van der Waals surface area (Å²) in [5, 5.41) is 0. The topological polar surface area (TPSA) is 74.3 Å². The predicted molar refractivity (Wildman–Crippen MR) is 145 cm³/mol. The molecule has 0 radical (unpaired) electrons. The zero-order chi connectivity index (χ0) is 26.6. The van der Waals surface area contributed by atoms with Gasteiger partial charge in [0.2, 0.25) is 0 Å². The fourth-order valence-corrected chi connectivity index (χ4v) is 4.71. The normalized spacial score (nSPS) is 18.6. The van der Waals surface area contributed by atoms with Crippen LogP contribution in [-0.4, -0.2) is 95.8 Å². The van der Waals surface area contributed by atoms with Crippen LogP contribution in [0.5, 0.6) is 6.01 Å². The smallest absolute Gasteiger partial charge is 0.410 e. The van der Waals surface area contributed by atoms with Crippen LogP contribution in [0.25, 0.3) is 0 Å². The van der Waals surface area contributed by atoms with Crippen molar-refractivity contribution in [2.24, 2.45) is 0 Å². The number of hydrogen-bond donors (Lipinski definition) is 0. The number of aromatic nitrogens is 2. The van der Waals surface area contributed by atoms with Gasteiger partial charge in [-0.2, -0.15) is 9.97 Å². The van der Waals surface area contributed by atoms with Crippen molar-refractivity contribution >= 4 is 11.9 Å². The van der Waals surface area contributed by atoms with E-state index < -0.39 is 5.60 Å². The zero-order valence-electron chi connectivity index (χ0n) is 23.2. The standard InChI is InChI=1S/C28H42N6O3/c1-21-18-23-24(20-34(21)19-22-10-8-7-9-11-22)29-26(36-17-16-31(5)6)30-25(23)32-12-14-33(15-13-32)27(35)37-28(2,3)4/h7-11,21H,12-20H2,1-6H3. The summed E-state index contributed by atoms with van der Waals surface area (Å²) in [4.78, 5) is 31.0. The van der Waals surface area contributed by atoms with E-state index in [0.29, 0.717) is 44.8 Å². The van der Waals surface area contributed by atoms with Gasteiger partial charge in [0.05, 0.1) is 5.69 Å². The molecule has 202 valence electrons. The number of ether oxygens (including phenoxy) is 2. The van der Waals surface area contributed by atoms with Gasteiger partial charge >= 0.3 is 12.1 Å². The molecule has 1 amide bonds. The Morgan fingerprint density at radius 1 is 1.08 bits per heavy atom. The van der Waals surface area contributed by atoms with Gasteiger partial charge in [0.15, 0.2) is 0 Å². The largest absolute Gasteiger partial charge is 0.462 e. The second-order valence-electron chi connectivity index (χ2n) is 11.3. The lowest BCUT2D eigenvalue weighted by Crippen LogP contribution is -2.51. The van der Waals surface area contributed by atoms with E-state index in [2.05, 4.69) is 52.0 Å². The van der Waals surface area contributed by atoms with Crippen molar-refractivity contribution < 1.29 is 14.3 Å². The first kappa shape index (κ1) is 27.1. The summed E-state index contributed by atoms with van der Waals surface area (Å²) in [6.45, 7) is 13.5. The van der Waals surface area contributed by atoms with Gasteiger partial charge in [-0.15, -0.1) is 0 Å². The molecule has 2 aliphatic heterocycles. The molecule has 1 fully saturated rings. The first-order chi connectivity index (χ1) is 17.6. The summed E-state index contributed by atoms with van der Waals surface area (Å²) in [7, 11) is 4.05. The molecule has 9 nitrogen and oxygen atoms in total. The number of hydrogen-bond acceptors (Lipinski definition) is 8. The number of piperazine rings is 1. The van der Waals surface area contributed by atoms with Crippen molar-refractivity contribution in [3.8, 4) is 6.01 Å². The van der Waals surface area contributed by atoms with E-state index in [-0.39, 0.29) is 6.09 Å². The molecule has 0 bridgehead atoms. The summed E-state index contributed by atoms with van der Waals surface area (Å²) in [6.07, 6.45) is 0.622. The third-order valence-electron chi connectivity index (χ3n) is 6.76. The SMILES string of the molecule is CC1Cc2c(nc(OCCN(C)C)nc2N2CCN(C(=O)OC(C)(C)C)CC2)CN1Cc1ccccc1. The van der Waals surface area contributed by atoms with Crippen molar-refractivity contribution in [2.45, 2.75) is 58.8 Å². The number of anilines is 1. The fraction of sp³-hybridized carbons (Fsp3) is 0.607. The highest BCUT2D eigenvalue weighted by Gasteiger charge is 2.32. The van der Waals surface area contributed by atoms with Crippen molar-refractivity contribution in [3.63, 3.8) is 0 Å². The van der Waals surface area contributed by atoms with Crippen molar-refractivity contribution in [3.05, 3.63) is 47.2 Å². The molecule has 1 saturated heterocycles. The van der Waals surface area contributed by atoms with Crippen LogP contribution >= 0.6 is 0 Å². The molecule has 3 heterocycles. The lowest BCUT2D eigenvalue weighted by Gasteiger charge is -2.39. The number of fused-ring (bicyclic) bond motifs is 1. The Labute approximate surface area is 221 Å². The number of carbonyl (C=O) groups is 1. The second-order valence-corrected chi connectivity index (χ2v) is 11.3. The average Bonchev–Trinajstić information content (AvgIpc) is 2.84. The first-order valence-electron chi connectivity index (χ1n) is 13.3. The van der Waals surface area contributed by atoms with Crippen molar-refractivity contribution in [2.75, 3.05) is 58.3 Å². The van der Waals surface area contributed by atoms with Crippen LogP contribution in [0.15, 0.2) is 30.3 Å². The number of amides is 1. The molecule has 1 aromatic carbocycles. The maximum Gasteiger partial charge on any atom is 0.410 e. The predicted octanol–water partition coefficient (Wildman–Crippen LogP) is 3.42. The van der Waals surface area contributed by atoms with Crippen molar-refractivity contribution in [1.82, 2.24) is 24.7 Å². The summed E-state index contributed by atoms with van der Waals surface area (Å²) in [5.41, 5.74) is 3.03. The number of likely N-dealkylation sites (N-methyl/N-ethyl adjacent to an activating group) is 1. The highest BCUT2D eigenvalue weighted by atomic mass is 16.6. The molecule has 0 saturated carbocycles. The van der Waals surface area contributed by atoms with Crippen LogP contribution in [0.2, 0.25) is 0 Å². The zero-order valence-corrected chi connectivity index (χ0v) is 23.2. The number of carbonyl (C=O) groups excluding carboxylic acids is 1. The monoisotopic (exact) mass is 510 g/mol. The highest BCUT2D eigenvalue weighted by Crippen LogP contribution is 2.32. The Morgan fingerprint density at radius 2 is 1.78 bits per heavy atom. The van der Waals surface area contributed by atoms with E-state index in [4.69, 9.17) is 19.4 Å². The van der Waals surface area contributed by atoms with E-state index in [9.17, 15) is 4.79 Å². The van der Waals surface area contributed by atoms with Gasteiger partial charge in [-0.3, -0.25) is 4.90 Å². The molecule has 2 aromatic rings. The van der Waals surface area contributed by atoms with E-state index >= 15 is 0 Å². The third kappa shape index (κ3) is 7.32. The lowest BCUT2D eigenvalue weighted by atomic mass is 9.97. The van der Waals surface area contributed by atoms with Gasteiger partial charge in [0.1, 0.15) is 18.0 Å². The minimum Gasteiger partial charge on any atom is -0.462 e. The molecule has 0 spiro atoms. The number of nitrogens with zero attached hydrogens (tertiary/aromatic N) is 6. The van der Waals surface area contributed by atoms with E-state index in [1.807, 2.05) is 34.9 Å². The summed E-state index contributed by atoms with van der Waals surface area (Å²) in [6, 6.07) is 11.4.